The summed E-state index contributed by atoms with van der Waals surface area (Å²) in [6.07, 6.45) is 3.71. The Balaban J connectivity index is 2.01. The molecule has 1 aromatic carbocycles. The van der Waals surface area contributed by atoms with Crippen LogP contribution >= 0.6 is 27.3 Å². The van der Waals surface area contributed by atoms with Gasteiger partial charge in [-0.05, 0) is 34.1 Å². The number of carbonyl (C=O) groups is 1. The van der Waals surface area contributed by atoms with Crippen LogP contribution in [0.25, 0.3) is 22.3 Å². The molecular weight excluding hydrogens is 438 g/mol. The number of rotatable bonds is 4. The van der Waals surface area contributed by atoms with E-state index in [4.69, 9.17) is 0 Å². The molecule has 0 aliphatic rings. The molecule has 0 spiro atoms. The number of nitrogens with zero attached hydrogens (tertiary/aromatic N) is 3. The highest BCUT2D eigenvalue weighted by atomic mass is 79.9. The SMILES string of the molecule is O=Cc1nc(-c2cn(S(=O)(=O)c3ccccc3)c3ncc(Br)cc23)cs1. The molecule has 4 rings (SSSR count). The molecule has 3 heterocycles. The summed E-state index contributed by atoms with van der Waals surface area (Å²) in [5, 5.41) is 2.68. The monoisotopic (exact) mass is 447 g/mol. The summed E-state index contributed by atoms with van der Waals surface area (Å²) in [5.74, 6) is 0. The lowest BCUT2D eigenvalue weighted by atomic mass is 10.2. The van der Waals surface area contributed by atoms with Crippen LogP contribution < -0.4 is 0 Å². The molecule has 130 valence electrons. The van der Waals surface area contributed by atoms with Crippen LogP contribution in [0, 0.1) is 0 Å². The number of hydrogen-bond donors (Lipinski definition) is 0. The van der Waals surface area contributed by atoms with Gasteiger partial charge in [-0.15, -0.1) is 11.3 Å². The molecule has 0 aliphatic carbocycles. The maximum atomic E-state index is 13.1. The number of carbonyl (C=O) groups excluding carboxylic acids is 1. The average Bonchev–Trinajstić information content (AvgIpc) is 3.26. The molecular formula is C17H10BrN3O3S2. The van der Waals surface area contributed by atoms with Gasteiger partial charge in [-0.3, -0.25) is 4.79 Å². The van der Waals surface area contributed by atoms with E-state index < -0.39 is 10.0 Å². The lowest BCUT2D eigenvalue weighted by Gasteiger charge is -2.06. The molecule has 0 atom stereocenters. The fraction of sp³-hybridized carbons (Fsp3) is 0. The zero-order chi connectivity index (χ0) is 18.3. The molecule has 0 radical (unpaired) electrons. The topological polar surface area (TPSA) is 81.9 Å². The van der Waals surface area contributed by atoms with Gasteiger partial charge in [0.05, 0.1) is 10.6 Å². The predicted molar refractivity (Wildman–Crippen MR) is 103 cm³/mol. The van der Waals surface area contributed by atoms with Crippen LogP contribution in [0.15, 0.2) is 63.5 Å². The summed E-state index contributed by atoms with van der Waals surface area (Å²) in [4.78, 5) is 19.6. The van der Waals surface area contributed by atoms with E-state index in [2.05, 4.69) is 25.9 Å². The third-order valence-corrected chi connectivity index (χ3v) is 6.65. The van der Waals surface area contributed by atoms with Crippen molar-refractivity contribution < 1.29 is 13.2 Å². The van der Waals surface area contributed by atoms with Crippen LogP contribution in [0.3, 0.4) is 0 Å². The average molecular weight is 448 g/mol. The standard InChI is InChI=1S/C17H10BrN3O3S2/c18-11-6-13-14(15-10-25-16(9-22)20-15)8-21(17(13)19-7-11)26(23,24)12-4-2-1-3-5-12/h1-10H. The molecule has 26 heavy (non-hydrogen) atoms. The van der Waals surface area contributed by atoms with Crippen molar-refractivity contribution in [1.29, 1.82) is 0 Å². The number of halogens is 1. The van der Waals surface area contributed by atoms with Crippen molar-refractivity contribution >= 4 is 54.6 Å². The van der Waals surface area contributed by atoms with Gasteiger partial charge in [-0.1, -0.05) is 18.2 Å². The minimum Gasteiger partial charge on any atom is -0.295 e. The molecule has 0 N–H and O–H groups in total. The third kappa shape index (κ3) is 2.77. The van der Waals surface area contributed by atoms with E-state index in [-0.39, 0.29) is 4.90 Å². The number of pyridine rings is 1. The maximum Gasteiger partial charge on any atom is 0.269 e. The largest absolute Gasteiger partial charge is 0.295 e. The number of benzene rings is 1. The molecule has 0 bridgehead atoms. The number of thiazole rings is 1. The van der Waals surface area contributed by atoms with Crippen molar-refractivity contribution in [3.63, 3.8) is 0 Å². The minimum absolute atomic E-state index is 0.167. The molecule has 9 heteroatoms. The molecule has 6 nitrogen and oxygen atoms in total. The van der Waals surface area contributed by atoms with E-state index in [9.17, 15) is 13.2 Å². The van der Waals surface area contributed by atoms with Crippen LogP contribution in [0.1, 0.15) is 9.80 Å². The van der Waals surface area contributed by atoms with Gasteiger partial charge in [-0.25, -0.2) is 22.4 Å². The Kier molecular flexibility index (Phi) is 4.22. The summed E-state index contributed by atoms with van der Waals surface area (Å²) in [5.41, 5.74) is 1.43. The first-order valence-corrected chi connectivity index (χ1v) is 10.5. The van der Waals surface area contributed by atoms with Gasteiger partial charge in [0.2, 0.25) is 0 Å². The van der Waals surface area contributed by atoms with Crippen molar-refractivity contribution in [3.8, 4) is 11.3 Å². The Labute approximate surface area is 161 Å². The van der Waals surface area contributed by atoms with E-state index in [0.717, 1.165) is 3.97 Å². The molecule has 4 aromatic rings. The fourth-order valence-corrected chi connectivity index (χ4v) is 4.91. The van der Waals surface area contributed by atoms with Crippen LogP contribution in [0.5, 0.6) is 0 Å². The summed E-state index contributed by atoms with van der Waals surface area (Å²) >= 11 is 4.57. The smallest absolute Gasteiger partial charge is 0.269 e. The van der Waals surface area contributed by atoms with Crippen LogP contribution in [0.4, 0.5) is 0 Å². The van der Waals surface area contributed by atoms with Gasteiger partial charge >= 0.3 is 0 Å². The van der Waals surface area contributed by atoms with Gasteiger partial charge in [-0.2, -0.15) is 0 Å². The highest BCUT2D eigenvalue weighted by Crippen LogP contribution is 2.33. The second kappa shape index (κ2) is 6.42. The number of hydrogen-bond acceptors (Lipinski definition) is 6. The van der Waals surface area contributed by atoms with E-state index in [1.165, 1.54) is 29.7 Å². The fourth-order valence-electron chi connectivity index (χ4n) is 2.61. The van der Waals surface area contributed by atoms with Gasteiger partial charge < -0.3 is 0 Å². The highest BCUT2D eigenvalue weighted by Gasteiger charge is 2.23. The molecule has 0 saturated heterocycles. The minimum atomic E-state index is -3.82. The Bertz CT molecular complexity index is 1230. The van der Waals surface area contributed by atoms with Crippen molar-refractivity contribution in [3.05, 3.63) is 63.7 Å². The van der Waals surface area contributed by atoms with Gasteiger partial charge in [0.25, 0.3) is 10.0 Å². The number of aldehydes is 1. The summed E-state index contributed by atoms with van der Waals surface area (Å²) in [6, 6.07) is 9.94. The number of fused-ring (bicyclic) bond motifs is 1. The second-order valence-corrected chi connectivity index (χ2v) is 8.99. The molecule has 0 aliphatic heterocycles. The Morgan fingerprint density at radius 3 is 2.65 bits per heavy atom. The van der Waals surface area contributed by atoms with Crippen molar-refractivity contribution in [2.45, 2.75) is 4.90 Å². The normalized spacial score (nSPS) is 11.7. The quantitative estimate of drug-likeness (QED) is 0.442. The van der Waals surface area contributed by atoms with E-state index in [0.29, 0.717) is 38.1 Å². The predicted octanol–water partition coefficient (Wildman–Crippen LogP) is 3.97. The Morgan fingerprint density at radius 1 is 1.19 bits per heavy atom. The van der Waals surface area contributed by atoms with E-state index >= 15 is 0 Å². The van der Waals surface area contributed by atoms with Gasteiger partial charge in [0.1, 0.15) is 0 Å². The Morgan fingerprint density at radius 2 is 1.96 bits per heavy atom. The molecule has 0 amide bonds. The summed E-state index contributed by atoms with van der Waals surface area (Å²) in [7, 11) is -3.82. The molecule has 0 fully saturated rings. The molecule has 0 unspecified atom stereocenters. The lowest BCUT2D eigenvalue weighted by Crippen LogP contribution is -2.12. The van der Waals surface area contributed by atoms with E-state index in [1.807, 2.05) is 0 Å². The van der Waals surface area contributed by atoms with Gasteiger partial charge in [0, 0.05) is 33.2 Å². The first kappa shape index (κ1) is 17.1. The van der Waals surface area contributed by atoms with Crippen molar-refractivity contribution in [2.75, 3.05) is 0 Å². The van der Waals surface area contributed by atoms with Crippen LogP contribution in [-0.4, -0.2) is 28.6 Å². The summed E-state index contributed by atoms with van der Waals surface area (Å²) < 4.78 is 28.0. The third-order valence-electron chi connectivity index (χ3n) is 3.78. The lowest BCUT2D eigenvalue weighted by molar-refractivity contribution is 0.112. The first-order valence-electron chi connectivity index (χ1n) is 7.39. The van der Waals surface area contributed by atoms with Crippen molar-refractivity contribution in [2.24, 2.45) is 0 Å². The second-order valence-electron chi connectivity index (χ2n) is 5.37. The van der Waals surface area contributed by atoms with E-state index in [1.54, 1.807) is 35.8 Å². The summed E-state index contributed by atoms with van der Waals surface area (Å²) in [6.45, 7) is 0. The molecule has 0 saturated carbocycles. The first-order chi connectivity index (χ1) is 12.5. The van der Waals surface area contributed by atoms with Crippen LogP contribution in [-0.2, 0) is 10.0 Å². The zero-order valence-electron chi connectivity index (χ0n) is 13.0. The zero-order valence-corrected chi connectivity index (χ0v) is 16.3. The van der Waals surface area contributed by atoms with Crippen LogP contribution in [0.2, 0.25) is 0 Å². The number of aromatic nitrogens is 3. The molecule has 3 aromatic heterocycles. The Hall–Kier alpha value is -2.36. The highest BCUT2D eigenvalue weighted by molar-refractivity contribution is 9.10. The maximum absolute atomic E-state index is 13.1. The van der Waals surface area contributed by atoms with Crippen molar-refractivity contribution in [1.82, 2.24) is 13.9 Å². The van der Waals surface area contributed by atoms with Gasteiger partial charge in [0.15, 0.2) is 16.9 Å².